The molecule has 2 aromatic heterocycles. The molecule has 25 heavy (non-hydrogen) atoms. The smallest absolute Gasteiger partial charge is 0.260 e. The van der Waals surface area contributed by atoms with Crippen molar-refractivity contribution < 1.29 is 14.6 Å². The fraction of sp³-hybridized carbons (Fsp3) is 0.444. The van der Waals surface area contributed by atoms with E-state index in [4.69, 9.17) is 16.3 Å². The summed E-state index contributed by atoms with van der Waals surface area (Å²) in [6.45, 7) is 1.06. The summed E-state index contributed by atoms with van der Waals surface area (Å²) in [5, 5.41) is 10.1. The Balaban J connectivity index is 1.54. The molecule has 0 spiro atoms. The van der Waals surface area contributed by atoms with Crippen LogP contribution in [-0.4, -0.2) is 33.1 Å². The first kappa shape index (κ1) is 16.8. The summed E-state index contributed by atoms with van der Waals surface area (Å²) in [6.07, 6.45) is 4.45. The average molecular weight is 379 g/mol. The van der Waals surface area contributed by atoms with E-state index in [9.17, 15) is 9.90 Å². The van der Waals surface area contributed by atoms with Gasteiger partial charge in [-0.05, 0) is 43.0 Å². The van der Waals surface area contributed by atoms with Gasteiger partial charge in [0.15, 0.2) is 0 Å². The first-order chi connectivity index (χ1) is 12.1. The van der Waals surface area contributed by atoms with Crippen LogP contribution in [0.15, 0.2) is 24.4 Å². The highest BCUT2D eigenvalue weighted by Gasteiger charge is 2.34. The zero-order valence-electron chi connectivity index (χ0n) is 13.7. The standard InChI is InChI=1S/C18H19ClN2O3S/c19-15-6-5-12(25-15)10-21-9-11-7-8-20-17(16(11)18(21)23)24-14-4-2-1-3-13(14)22/h5-8,13-14,22H,1-4,9-10H2. The van der Waals surface area contributed by atoms with Crippen molar-refractivity contribution in [3.63, 3.8) is 0 Å². The van der Waals surface area contributed by atoms with Crippen molar-refractivity contribution in [3.8, 4) is 5.88 Å². The van der Waals surface area contributed by atoms with Gasteiger partial charge in [-0.25, -0.2) is 4.98 Å². The van der Waals surface area contributed by atoms with E-state index in [1.54, 1.807) is 11.1 Å². The zero-order valence-corrected chi connectivity index (χ0v) is 15.2. The minimum atomic E-state index is -0.493. The maximum Gasteiger partial charge on any atom is 0.260 e. The van der Waals surface area contributed by atoms with Gasteiger partial charge in [0.05, 0.1) is 17.0 Å². The maximum atomic E-state index is 12.9. The van der Waals surface area contributed by atoms with Crippen LogP contribution in [0.2, 0.25) is 4.34 Å². The van der Waals surface area contributed by atoms with Gasteiger partial charge in [-0.15, -0.1) is 11.3 Å². The van der Waals surface area contributed by atoms with E-state index in [2.05, 4.69) is 4.98 Å². The number of nitrogens with zero attached hydrogens (tertiary/aromatic N) is 2. The number of carbonyl (C=O) groups is 1. The monoisotopic (exact) mass is 378 g/mol. The van der Waals surface area contributed by atoms with Gasteiger partial charge >= 0.3 is 0 Å². The highest BCUT2D eigenvalue weighted by Crippen LogP contribution is 2.33. The predicted molar refractivity (Wildman–Crippen MR) is 96.0 cm³/mol. The van der Waals surface area contributed by atoms with Gasteiger partial charge in [-0.2, -0.15) is 0 Å². The molecule has 1 aliphatic heterocycles. The minimum absolute atomic E-state index is 0.0760. The second-order valence-electron chi connectivity index (χ2n) is 6.53. The van der Waals surface area contributed by atoms with Crippen molar-refractivity contribution >= 4 is 28.8 Å². The molecule has 0 aromatic carbocycles. The van der Waals surface area contributed by atoms with Crippen molar-refractivity contribution in [1.29, 1.82) is 0 Å². The zero-order chi connectivity index (χ0) is 17.4. The molecular formula is C18H19ClN2O3S. The molecule has 0 radical (unpaired) electrons. The molecule has 1 amide bonds. The Morgan fingerprint density at radius 2 is 2.16 bits per heavy atom. The molecule has 132 valence electrons. The predicted octanol–water partition coefficient (Wildman–Crippen LogP) is 3.63. The number of carbonyl (C=O) groups excluding carboxylic acids is 1. The highest BCUT2D eigenvalue weighted by atomic mass is 35.5. The lowest BCUT2D eigenvalue weighted by Gasteiger charge is -2.28. The van der Waals surface area contributed by atoms with Crippen LogP contribution in [0.1, 0.15) is 46.5 Å². The van der Waals surface area contributed by atoms with Gasteiger partial charge < -0.3 is 14.7 Å². The Kier molecular flexibility index (Phi) is 4.67. The number of amides is 1. The number of pyridine rings is 1. The third-order valence-corrected chi connectivity index (χ3v) is 5.99. The number of ether oxygens (including phenoxy) is 1. The quantitative estimate of drug-likeness (QED) is 0.882. The third-order valence-electron chi connectivity index (χ3n) is 4.77. The normalized spacial score (nSPS) is 23.0. The first-order valence-electron chi connectivity index (χ1n) is 8.48. The summed E-state index contributed by atoms with van der Waals surface area (Å²) in [6, 6.07) is 5.64. The summed E-state index contributed by atoms with van der Waals surface area (Å²) >= 11 is 7.46. The number of rotatable bonds is 4. The first-order valence-corrected chi connectivity index (χ1v) is 9.67. The van der Waals surface area contributed by atoms with Gasteiger partial charge in [-0.1, -0.05) is 18.0 Å². The molecule has 7 heteroatoms. The van der Waals surface area contributed by atoms with Crippen LogP contribution in [0.4, 0.5) is 0 Å². The fourth-order valence-electron chi connectivity index (χ4n) is 3.48. The number of hydrogen-bond acceptors (Lipinski definition) is 5. The number of aliphatic hydroxyl groups is 1. The summed E-state index contributed by atoms with van der Waals surface area (Å²) in [4.78, 5) is 20.0. The van der Waals surface area contributed by atoms with Gasteiger partial charge in [0.25, 0.3) is 5.91 Å². The van der Waals surface area contributed by atoms with Gasteiger partial charge in [0.2, 0.25) is 5.88 Å². The SMILES string of the molecule is O=C1c2c(ccnc2OC2CCCCC2O)CN1Cc1ccc(Cl)s1. The number of halogens is 1. The molecule has 2 aromatic rings. The van der Waals surface area contributed by atoms with Gasteiger partial charge in [-0.3, -0.25) is 4.79 Å². The van der Waals surface area contributed by atoms with Crippen LogP contribution in [0, 0.1) is 0 Å². The number of thiophene rings is 1. The van der Waals surface area contributed by atoms with E-state index in [0.29, 0.717) is 24.5 Å². The summed E-state index contributed by atoms with van der Waals surface area (Å²) in [7, 11) is 0. The Morgan fingerprint density at radius 3 is 2.92 bits per heavy atom. The number of fused-ring (bicyclic) bond motifs is 1. The largest absolute Gasteiger partial charge is 0.471 e. The molecule has 5 nitrogen and oxygen atoms in total. The molecule has 4 rings (SSSR count). The topological polar surface area (TPSA) is 62.7 Å². The molecule has 2 aliphatic rings. The van der Waals surface area contributed by atoms with E-state index >= 15 is 0 Å². The Morgan fingerprint density at radius 1 is 1.32 bits per heavy atom. The van der Waals surface area contributed by atoms with Gasteiger partial charge in [0, 0.05) is 17.6 Å². The molecule has 1 N–H and O–H groups in total. The number of aromatic nitrogens is 1. The molecule has 1 fully saturated rings. The Bertz CT molecular complexity index is 794. The van der Waals surface area contributed by atoms with E-state index < -0.39 is 6.10 Å². The van der Waals surface area contributed by atoms with Crippen LogP contribution < -0.4 is 4.74 Å². The molecule has 1 saturated carbocycles. The second kappa shape index (κ2) is 6.94. The van der Waals surface area contributed by atoms with Crippen LogP contribution in [0.5, 0.6) is 5.88 Å². The molecule has 0 bridgehead atoms. The van der Waals surface area contributed by atoms with E-state index in [1.165, 1.54) is 11.3 Å². The summed E-state index contributed by atoms with van der Waals surface area (Å²) in [5.74, 6) is 0.271. The van der Waals surface area contributed by atoms with E-state index in [-0.39, 0.29) is 12.0 Å². The molecule has 1 aliphatic carbocycles. The van der Waals surface area contributed by atoms with E-state index in [1.807, 2.05) is 18.2 Å². The lowest BCUT2D eigenvalue weighted by atomic mass is 9.95. The van der Waals surface area contributed by atoms with Gasteiger partial charge in [0.1, 0.15) is 11.7 Å². The highest BCUT2D eigenvalue weighted by molar-refractivity contribution is 7.16. The van der Waals surface area contributed by atoms with Crippen molar-refractivity contribution in [2.24, 2.45) is 0 Å². The van der Waals surface area contributed by atoms with Crippen LogP contribution in [0.25, 0.3) is 0 Å². The van der Waals surface area contributed by atoms with Crippen molar-refractivity contribution in [2.45, 2.75) is 51.0 Å². The van der Waals surface area contributed by atoms with Crippen molar-refractivity contribution in [1.82, 2.24) is 9.88 Å². The minimum Gasteiger partial charge on any atom is -0.471 e. The number of hydrogen-bond donors (Lipinski definition) is 1. The second-order valence-corrected chi connectivity index (χ2v) is 8.33. The number of aliphatic hydroxyl groups excluding tert-OH is 1. The van der Waals surface area contributed by atoms with Crippen molar-refractivity contribution in [2.75, 3.05) is 0 Å². The van der Waals surface area contributed by atoms with Crippen molar-refractivity contribution in [3.05, 3.63) is 44.7 Å². The molecular weight excluding hydrogens is 360 g/mol. The lowest BCUT2D eigenvalue weighted by Crippen LogP contribution is -2.35. The third kappa shape index (κ3) is 3.38. The maximum absolute atomic E-state index is 12.9. The summed E-state index contributed by atoms with van der Waals surface area (Å²) < 4.78 is 6.68. The fourth-order valence-corrected chi connectivity index (χ4v) is 4.58. The van der Waals surface area contributed by atoms with Crippen LogP contribution >= 0.6 is 22.9 Å². The average Bonchev–Trinajstić information content (AvgIpc) is 3.14. The Labute approximate surface area is 155 Å². The molecule has 2 atom stereocenters. The van der Waals surface area contributed by atoms with Crippen LogP contribution in [-0.2, 0) is 13.1 Å². The Hall–Kier alpha value is -1.63. The molecule has 2 unspecified atom stereocenters. The van der Waals surface area contributed by atoms with Crippen LogP contribution in [0.3, 0.4) is 0 Å². The molecule has 3 heterocycles. The van der Waals surface area contributed by atoms with E-state index in [0.717, 1.165) is 40.5 Å². The lowest BCUT2D eigenvalue weighted by molar-refractivity contribution is 0.00397. The molecule has 0 saturated heterocycles. The summed E-state index contributed by atoms with van der Waals surface area (Å²) in [5.41, 5.74) is 1.45.